The monoisotopic (exact) mass is 275 g/mol. The molecule has 0 amide bonds. The Balaban J connectivity index is 2.04. The van der Waals surface area contributed by atoms with Gasteiger partial charge < -0.3 is 4.90 Å². The van der Waals surface area contributed by atoms with Gasteiger partial charge in [0.05, 0.1) is 0 Å². The molecule has 0 aliphatic heterocycles. The third-order valence-electron chi connectivity index (χ3n) is 2.77. The lowest BCUT2D eigenvalue weighted by Crippen LogP contribution is -2.11. The van der Waals surface area contributed by atoms with Crippen molar-refractivity contribution in [2.75, 3.05) is 14.1 Å². The highest BCUT2D eigenvalue weighted by Crippen LogP contribution is 2.26. The van der Waals surface area contributed by atoms with Crippen molar-refractivity contribution in [2.24, 2.45) is 0 Å². The summed E-state index contributed by atoms with van der Waals surface area (Å²) in [4.78, 5) is 3.46. The van der Waals surface area contributed by atoms with Gasteiger partial charge in [-0.15, -0.1) is 11.8 Å². The molecule has 3 heteroatoms. The number of thioether (sulfide) groups is 1. The molecule has 0 atom stereocenters. The van der Waals surface area contributed by atoms with Crippen LogP contribution in [0.4, 0.5) is 4.39 Å². The summed E-state index contributed by atoms with van der Waals surface area (Å²) >= 11 is 1.80. The number of hydrogen-bond acceptors (Lipinski definition) is 2. The topological polar surface area (TPSA) is 3.24 Å². The molecule has 0 heterocycles. The van der Waals surface area contributed by atoms with Gasteiger partial charge in [0.2, 0.25) is 0 Å². The molecule has 0 saturated carbocycles. The molecule has 0 fully saturated rings. The Morgan fingerprint density at radius 2 is 1.68 bits per heavy atom. The first-order valence-corrected chi connectivity index (χ1v) is 7.23. The predicted octanol–water partition coefficient (Wildman–Crippen LogP) is 4.18. The highest BCUT2D eigenvalue weighted by Gasteiger charge is 2.04. The van der Waals surface area contributed by atoms with Gasteiger partial charge in [-0.1, -0.05) is 30.3 Å². The van der Waals surface area contributed by atoms with Crippen LogP contribution in [0.25, 0.3) is 0 Å². The average molecular weight is 275 g/mol. The van der Waals surface area contributed by atoms with Crippen LogP contribution in [0.2, 0.25) is 0 Å². The van der Waals surface area contributed by atoms with Gasteiger partial charge in [-0.3, -0.25) is 0 Å². The van der Waals surface area contributed by atoms with Crippen LogP contribution in [0.5, 0.6) is 0 Å². The van der Waals surface area contributed by atoms with E-state index in [1.54, 1.807) is 11.8 Å². The van der Waals surface area contributed by atoms with Crippen molar-refractivity contribution >= 4 is 11.8 Å². The standard InChI is InChI=1S/C16H18FNS/c1-18(2)11-14-5-3-4-6-16(14)19-12-13-7-9-15(17)10-8-13/h3-10H,11-12H2,1-2H3. The van der Waals surface area contributed by atoms with Crippen molar-refractivity contribution in [1.82, 2.24) is 4.90 Å². The molecule has 0 radical (unpaired) electrons. The summed E-state index contributed by atoms with van der Waals surface area (Å²) in [6, 6.07) is 15.2. The number of benzene rings is 2. The van der Waals surface area contributed by atoms with E-state index in [1.807, 2.05) is 12.1 Å². The van der Waals surface area contributed by atoms with Crippen molar-refractivity contribution in [3.8, 4) is 0 Å². The molecule has 0 spiro atoms. The number of rotatable bonds is 5. The molecule has 0 N–H and O–H groups in total. The van der Waals surface area contributed by atoms with Crippen LogP contribution in [-0.4, -0.2) is 19.0 Å². The third kappa shape index (κ3) is 4.37. The number of nitrogens with zero attached hydrogens (tertiary/aromatic N) is 1. The van der Waals surface area contributed by atoms with Crippen LogP contribution < -0.4 is 0 Å². The van der Waals surface area contributed by atoms with Crippen molar-refractivity contribution in [1.29, 1.82) is 0 Å². The van der Waals surface area contributed by atoms with E-state index in [4.69, 9.17) is 0 Å². The maximum absolute atomic E-state index is 12.8. The SMILES string of the molecule is CN(C)Cc1ccccc1SCc1ccc(F)cc1. The minimum Gasteiger partial charge on any atom is -0.305 e. The van der Waals surface area contributed by atoms with Gasteiger partial charge >= 0.3 is 0 Å². The second-order valence-electron chi connectivity index (χ2n) is 4.76. The summed E-state index contributed by atoms with van der Waals surface area (Å²) in [5, 5.41) is 0. The quantitative estimate of drug-likeness (QED) is 0.753. The zero-order valence-electron chi connectivity index (χ0n) is 11.3. The normalized spacial score (nSPS) is 10.9. The zero-order valence-corrected chi connectivity index (χ0v) is 12.1. The number of hydrogen-bond donors (Lipinski definition) is 0. The van der Waals surface area contributed by atoms with Crippen molar-refractivity contribution in [2.45, 2.75) is 17.2 Å². The van der Waals surface area contributed by atoms with E-state index in [0.29, 0.717) is 0 Å². The summed E-state index contributed by atoms with van der Waals surface area (Å²) < 4.78 is 12.8. The summed E-state index contributed by atoms with van der Waals surface area (Å²) in [7, 11) is 4.14. The van der Waals surface area contributed by atoms with Gasteiger partial charge in [0.15, 0.2) is 0 Å². The smallest absolute Gasteiger partial charge is 0.123 e. The van der Waals surface area contributed by atoms with Gasteiger partial charge in [-0.05, 0) is 43.4 Å². The van der Waals surface area contributed by atoms with Gasteiger partial charge in [0, 0.05) is 17.2 Å². The van der Waals surface area contributed by atoms with E-state index in [-0.39, 0.29) is 5.82 Å². The molecule has 19 heavy (non-hydrogen) atoms. The van der Waals surface area contributed by atoms with Crippen LogP contribution in [0.3, 0.4) is 0 Å². The van der Waals surface area contributed by atoms with Crippen LogP contribution in [0, 0.1) is 5.82 Å². The van der Waals surface area contributed by atoms with Crippen LogP contribution in [-0.2, 0) is 12.3 Å². The Bertz CT molecular complexity index is 523. The van der Waals surface area contributed by atoms with E-state index in [1.165, 1.54) is 22.6 Å². The first-order chi connectivity index (χ1) is 9.15. The largest absolute Gasteiger partial charge is 0.305 e. The maximum Gasteiger partial charge on any atom is 0.123 e. The number of halogens is 1. The highest BCUT2D eigenvalue weighted by atomic mass is 32.2. The molecule has 2 aromatic carbocycles. The Hall–Kier alpha value is -1.32. The molecule has 0 aromatic heterocycles. The molecule has 0 aliphatic carbocycles. The minimum absolute atomic E-state index is 0.179. The molecule has 2 aromatic rings. The lowest BCUT2D eigenvalue weighted by atomic mass is 10.2. The van der Waals surface area contributed by atoms with E-state index >= 15 is 0 Å². The van der Waals surface area contributed by atoms with Crippen LogP contribution >= 0.6 is 11.8 Å². The summed E-state index contributed by atoms with van der Waals surface area (Å²) in [6.45, 7) is 0.937. The molecule has 0 unspecified atom stereocenters. The zero-order chi connectivity index (χ0) is 13.7. The first-order valence-electron chi connectivity index (χ1n) is 6.25. The third-order valence-corrected chi connectivity index (χ3v) is 3.95. The molecular weight excluding hydrogens is 257 g/mol. The molecule has 100 valence electrons. The molecule has 2 rings (SSSR count). The molecule has 0 aliphatic rings. The van der Waals surface area contributed by atoms with E-state index in [2.05, 4.69) is 43.3 Å². The van der Waals surface area contributed by atoms with Crippen LogP contribution in [0.15, 0.2) is 53.4 Å². The van der Waals surface area contributed by atoms with E-state index in [9.17, 15) is 4.39 Å². The first kappa shape index (κ1) is 14.1. The molecule has 0 bridgehead atoms. The van der Waals surface area contributed by atoms with Crippen molar-refractivity contribution < 1.29 is 4.39 Å². The molecular formula is C16H18FNS. The highest BCUT2D eigenvalue weighted by molar-refractivity contribution is 7.98. The summed E-state index contributed by atoms with van der Waals surface area (Å²) in [5.41, 5.74) is 2.48. The fraction of sp³-hybridized carbons (Fsp3) is 0.250. The van der Waals surface area contributed by atoms with Crippen molar-refractivity contribution in [3.05, 3.63) is 65.5 Å². The average Bonchev–Trinajstić information content (AvgIpc) is 2.39. The van der Waals surface area contributed by atoms with Gasteiger partial charge in [0.1, 0.15) is 5.82 Å². The molecule has 0 saturated heterocycles. The van der Waals surface area contributed by atoms with Crippen LogP contribution in [0.1, 0.15) is 11.1 Å². The lowest BCUT2D eigenvalue weighted by molar-refractivity contribution is 0.399. The van der Waals surface area contributed by atoms with E-state index < -0.39 is 0 Å². The Kier molecular flexibility index (Phi) is 5.00. The fourth-order valence-corrected chi connectivity index (χ4v) is 2.87. The molecule has 1 nitrogen and oxygen atoms in total. The summed E-state index contributed by atoms with van der Waals surface area (Å²) in [5.74, 6) is 0.687. The lowest BCUT2D eigenvalue weighted by Gasteiger charge is -2.13. The maximum atomic E-state index is 12.8. The Labute approximate surface area is 118 Å². The van der Waals surface area contributed by atoms with Gasteiger partial charge in [-0.2, -0.15) is 0 Å². The second kappa shape index (κ2) is 6.73. The predicted molar refractivity (Wildman–Crippen MR) is 79.8 cm³/mol. The van der Waals surface area contributed by atoms with Crippen molar-refractivity contribution in [3.63, 3.8) is 0 Å². The van der Waals surface area contributed by atoms with E-state index in [0.717, 1.165) is 17.9 Å². The minimum atomic E-state index is -0.179. The van der Waals surface area contributed by atoms with Gasteiger partial charge in [0.25, 0.3) is 0 Å². The summed E-state index contributed by atoms with van der Waals surface area (Å²) in [6.07, 6.45) is 0. The fourth-order valence-electron chi connectivity index (χ4n) is 1.86. The Morgan fingerprint density at radius 1 is 1.00 bits per heavy atom. The Morgan fingerprint density at radius 3 is 2.37 bits per heavy atom. The second-order valence-corrected chi connectivity index (χ2v) is 5.78. The van der Waals surface area contributed by atoms with Gasteiger partial charge in [-0.25, -0.2) is 4.39 Å².